The third-order valence-corrected chi connectivity index (χ3v) is 3.71. The minimum absolute atomic E-state index is 0.0919. The fraction of sp³-hybridized carbons (Fsp3) is 0.533. The highest BCUT2D eigenvalue weighted by Crippen LogP contribution is 2.23. The zero-order valence-corrected chi connectivity index (χ0v) is 12.2. The van der Waals surface area contributed by atoms with E-state index >= 15 is 0 Å². The number of hydrogen-bond acceptors (Lipinski definition) is 5. The van der Waals surface area contributed by atoms with Crippen molar-refractivity contribution in [2.75, 3.05) is 25.0 Å². The SMILES string of the molecule is CC(CN1CCCCC1)Nc1ccc(C#N)c([N+](=O)[O-])c1. The van der Waals surface area contributed by atoms with Gasteiger partial charge < -0.3 is 10.2 Å². The number of nitriles is 1. The van der Waals surface area contributed by atoms with E-state index < -0.39 is 4.92 Å². The van der Waals surface area contributed by atoms with Crippen molar-refractivity contribution in [3.05, 3.63) is 33.9 Å². The van der Waals surface area contributed by atoms with E-state index in [1.54, 1.807) is 6.07 Å². The quantitative estimate of drug-likeness (QED) is 0.665. The Morgan fingerprint density at radius 3 is 2.76 bits per heavy atom. The number of piperidine rings is 1. The first-order valence-corrected chi connectivity index (χ1v) is 7.27. The van der Waals surface area contributed by atoms with E-state index in [0.717, 1.165) is 19.6 Å². The van der Waals surface area contributed by atoms with Gasteiger partial charge in [0.15, 0.2) is 0 Å². The van der Waals surface area contributed by atoms with Gasteiger partial charge in [-0.15, -0.1) is 0 Å². The van der Waals surface area contributed by atoms with Crippen molar-refractivity contribution in [1.29, 1.82) is 5.26 Å². The Labute approximate surface area is 124 Å². The molecule has 1 aromatic carbocycles. The molecule has 6 nitrogen and oxygen atoms in total. The molecule has 1 atom stereocenters. The normalized spacial score (nSPS) is 17.0. The Hall–Kier alpha value is -2.13. The molecule has 1 aliphatic heterocycles. The Morgan fingerprint density at radius 2 is 2.14 bits per heavy atom. The van der Waals surface area contributed by atoms with Crippen LogP contribution in [0.4, 0.5) is 11.4 Å². The minimum Gasteiger partial charge on any atom is -0.381 e. The van der Waals surface area contributed by atoms with Crippen LogP contribution in [0.3, 0.4) is 0 Å². The summed E-state index contributed by atoms with van der Waals surface area (Å²) in [6.07, 6.45) is 3.80. The molecule has 112 valence electrons. The summed E-state index contributed by atoms with van der Waals surface area (Å²) in [4.78, 5) is 12.9. The van der Waals surface area contributed by atoms with Crippen molar-refractivity contribution < 1.29 is 4.92 Å². The van der Waals surface area contributed by atoms with Gasteiger partial charge in [0.25, 0.3) is 5.69 Å². The number of benzene rings is 1. The van der Waals surface area contributed by atoms with E-state index in [1.807, 2.05) is 6.07 Å². The maximum Gasteiger partial charge on any atom is 0.289 e. The van der Waals surface area contributed by atoms with E-state index in [2.05, 4.69) is 17.1 Å². The molecule has 21 heavy (non-hydrogen) atoms. The molecule has 1 saturated heterocycles. The highest BCUT2D eigenvalue weighted by Gasteiger charge is 2.16. The van der Waals surface area contributed by atoms with Crippen molar-refractivity contribution in [3.63, 3.8) is 0 Å². The molecule has 2 rings (SSSR count). The molecule has 1 heterocycles. The van der Waals surface area contributed by atoms with Gasteiger partial charge in [0.2, 0.25) is 0 Å². The second-order valence-electron chi connectivity index (χ2n) is 5.51. The first-order chi connectivity index (χ1) is 10.1. The minimum atomic E-state index is -0.515. The van der Waals surface area contributed by atoms with Crippen LogP contribution in [0.1, 0.15) is 31.7 Å². The monoisotopic (exact) mass is 288 g/mol. The third-order valence-electron chi connectivity index (χ3n) is 3.71. The molecule has 1 unspecified atom stereocenters. The fourth-order valence-electron chi connectivity index (χ4n) is 2.73. The first kappa shape index (κ1) is 15.3. The molecule has 0 aromatic heterocycles. The molecule has 1 aliphatic rings. The van der Waals surface area contributed by atoms with Crippen LogP contribution in [0.5, 0.6) is 0 Å². The zero-order valence-electron chi connectivity index (χ0n) is 12.2. The van der Waals surface area contributed by atoms with E-state index in [0.29, 0.717) is 5.69 Å². The van der Waals surface area contributed by atoms with Crippen LogP contribution in [-0.4, -0.2) is 35.5 Å². The van der Waals surface area contributed by atoms with Gasteiger partial charge in [0.05, 0.1) is 4.92 Å². The molecule has 0 radical (unpaired) electrons. The summed E-state index contributed by atoms with van der Waals surface area (Å²) in [5.74, 6) is 0. The molecular weight excluding hydrogens is 268 g/mol. The van der Waals surface area contributed by atoms with Crippen LogP contribution in [0.25, 0.3) is 0 Å². The predicted octanol–water partition coefficient (Wildman–Crippen LogP) is 2.75. The first-order valence-electron chi connectivity index (χ1n) is 7.27. The maximum absolute atomic E-state index is 11.0. The van der Waals surface area contributed by atoms with Crippen molar-refractivity contribution >= 4 is 11.4 Å². The van der Waals surface area contributed by atoms with Crippen LogP contribution in [0.15, 0.2) is 18.2 Å². The lowest BCUT2D eigenvalue weighted by Crippen LogP contribution is -2.38. The largest absolute Gasteiger partial charge is 0.381 e. The number of nitro benzene ring substituents is 1. The lowest BCUT2D eigenvalue weighted by atomic mass is 10.1. The summed E-state index contributed by atoms with van der Waals surface area (Å²) < 4.78 is 0. The van der Waals surface area contributed by atoms with Gasteiger partial charge in [-0.3, -0.25) is 10.1 Å². The molecule has 0 aliphatic carbocycles. The summed E-state index contributed by atoms with van der Waals surface area (Å²) in [6, 6.07) is 6.70. The number of anilines is 1. The highest BCUT2D eigenvalue weighted by molar-refractivity contribution is 5.59. The lowest BCUT2D eigenvalue weighted by molar-refractivity contribution is -0.385. The Kier molecular flexibility index (Phi) is 5.12. The standard InChI is InChI=1S/C15H20N4O2/c1-12(11-18-7-3-2-4-8-18)17-14-6-5-13(10-16)15(9-14)19(20)21/h5-6,9,12,17H,2-4,7-8,11H2,1H3. The van der Waals surface area contributed by atoms with E-state index in [1.165, 1.54) is 31.4 Å². The fourth-order valence-corrected chi connectivity index (χ4v) is 2.73. The third kappa shape index (κ3) is 4.17. The average molecular weight is 288 g/mol. The number of hydrogen-bond donors (Lipinski definition) is 1. The van der Waals surface area contributed by atoms with E-state index in [4.69, 9.17) is 5.26 Å². The molecule has 0 spiro atoms. The Morgan fingerprint density at radius 1 is 1.43 bits per heavy atom. The zero-order chi connectivity index (χ0) is 15.2. The molecule has 0 bridgehead atoms. The van der Waals surface area contributed by atoms with Gasteiger partial charge in [-0.25, -0.2) is 0 Å². The summed E-state index contributed by atoms with van der Waals surface area (Å²) in [5, 5.41) is 23.1. The second kappa shape index (κ2) is 7.04. The van der Waals surface area contributed by atoms with E-state index in [-0.39, 0.29) is 17.3 Å². The van der Waals surface area contributed by atoms with Gasteiger partial charge >= 0.3 is 0 Å². The van der Waals surface area contributed by atoms with Gasteiger partial charge in [-0.1, -0.05) is 6.42 Å². The van der Waals surface area contributed by atoms with Crippen molar-refractivity contribution in [2.45, 2.75) is 32.2 Å². The second-order valence-corrected chi connectivity index (χ2v) is 5.51. The van der Waals surface area contributed by atoms with E-state index in [9.17, 15) is 10.1 Å². The van der Waals surface area contributed by atoms with Crippen molar-refractivity contribution in [2.24, 2.45) is 0 Å². The highest BCUT2D eigenvalue weighted by atomic mass is 16.6. The maximum atomic E-state index is 11.0. The molecule has 1 fully saturated rings. The molecule has 1 N–H and O–H groups in total. The number of likely N-dealkylation sites (tertiary alicyclic amines) is 1. The summed E-state index contributed by atoms with van der Waals surface area (Å²) in [5.41, 5.74) is 0.632. The average Bonchev–Trinajstić information content (AvgIpc) is 2.48. The van der Waals surface area contributed by atoms with Gasteiger partial charge in [-0.05, 0) is 45.0 Å². The van der Waals surface area contributed by atoms with Crippen LogP contribution < -0.4 is 5.32 Å². The molecule has 6 heteroatoms. The number of nitrogens with zero attached hydrogens (tertiary/aromatic N) is 3. The van der Waals surface area contributed by atoms with Crippen molar-refractivity contribution in [3.8, 4) is 6.07 Å². The summed E-state index contributed by atoms with van der Waals surface area (Å²) in [6.45, 7) is 5.24. The number of rotatable bonds is 5. The summed E-state index contributed by atoms with van der Waals surface area (Å²) >= 11 is 0. The summed E-state index contributed by atoms with van der Waals surface area (Å²) in [7, 11) is 0. The smallest absolute Gasteiger partial charge is 0.289 e. The molecule has 1 aromatic rings. The Bertz CT molecular complexity index is 547. The predicted molar refractivity (Wildman–Crippen MR) is 81.2 cm³/mol. The van der Waals surface area contributed by atoms with Gasteiger partial charge in [-0.2, -0.15) is 5.26 Å². The lowest BCUT2D eigenvalue weighted by Gasteiger charge is -2.29. The number of nitrogens with one attached hydrogen (secondary N) is 1. The van der Waals surface area contributed by atoms with Crippen LogP contribution in [0.2, 0.25) is 0 Å². The van der Waals surface area contributed by atoms with Crippen LogP contribution in [0, 0.1) is 21.4 Å². The molecular formula is C15H20N4O2. The van der Waals surface area contributed by atoms with Crippen LogP contribution in [-0.2, 0) is 0 Å². The molecule has 0 amide bonds. The molecule has 0 saturated carbocycles. The topological polar surface area (TPSA) is 82.2 Å². The Balaban J connectivity index is 2.00. The van der Waals surface area contributed by atoms with Gasteiger partial charge in [0, 0.05) is 24.3 Å². The van der Waals surface area contributed by atoms with Crippen LogP contribution >= 0.6 is 0 Å². The van der Waals surface area contributed by atoms with Gasteiger partial charge in [0.1, 0.15) is 11.6 Å². The van der Waals surface area contributed by atoms with Crippen molar-refractivity contribution in [1.82, 2.24) is 4.90 Å². The number of nitro groups is 1.